The Bertz CT molecular complexity index is 494. The van der Waals surface area contributed by atoms with Gasteiger partial charge in [-0.1, -0.05) is 12.1 Å². The summed E-state index contributed by atoms with van der Waals surface area (Å²) in [7, 11) is 1.27. The van der Waals surface area contributed by atoms with Crippen molar-refractivity contribution in [2.45, 2.75) is 18.9 Å². The maximum atomic E-state index is 11.0. The van der Waals surface area contributed by atoms with Gasteiger partial charge in [-0.3, -0.25) is 9.59 Å². The van der Waals surface area contributed by atoms with Crippen molar-refractivity contribution < 1.29 is 29.3 Å². The lowest BCUT2D eigenvalue weighted by Crippen LogP contribution is -2.11. The Kier molecular flexibility index (Phi) is 5.20. The average Bonchev–Trinajstić information content (AvgIpc) is 2.43. The lowest BCUT2D eigenvalue weighted by atomic mass is 9.98. The summed E-state index contributed by atoms with van der Waals surface area (Å²) in [6.45, 7) is 0. The fourth-order valence-corrected chi connectivity index (χ4v) is 1.60. The summed E-state index contributed by atoms with van der Waals surface area (Å²) in [6.07, 6.45) is -0.680. The van der Waals surface area contributed by atoms with Crippen LogP contribution in [0.4, 0.5) is 0 Å². The molecule has 1 atom stereocenters. The Balaban J connectivity index is 2.93. The highest BCUT2D eigenvalue weighted by Gasteiger charge is 2.17. The van der Waals surface area contributed by atoms with Gasteiger partial charge in [-0.15, -0.1) is 0 Å². The quantitative estimate of drug-likeness (QED) is 0.581. The second-order valence-corrected chi connectivity index (χ2v) is 3.89. The molecule has 0 aliphatic carbocycles. The minimum atomic E-state index is -1.67. The Labute approximate surface area is 109 Å². The highest BCUT2D eigenvalue weighted by atomic mass is 16.5. The number of hydrogen-bond acceptors (Lipinski definition) is 5. The number of benzene rings is 1. The summed E-state index contributed by atoms with van der Waals surface area (Å²) in [5.41, 5.74) is 0.972. The van der Waals surface area contributed by atoms with Gasteiger partial charge in [0.2, 0.25) is 0 Å². The van der Waals surface area contributed by atoms with Crippen molar-refractivity contribution in [3.8, 4) is 0 Å². The Morgan fingerprint density at radius 3 is 2.63 bits per heavy atom. The normalized spacial score (nSPS) is 11.7. The van der Waals surface area contributed by atoms with E-state index in [9.17, 15) is 19.5 Å². The number of carbonyl (C=O) groups excluding carboxylic acids is 2. The van der Waals surface area contributed by atoms with Crippen molar-refractivity contribution in [3.63, 3.8) is 0 Å². The van der Waals surface area contributed by atoms with E-state index < -0.39 is 18.0 Å². The van der Waals surface area contributed by atoms with Crippen LogP contribution in [-0.4, -0.2) is 35.5 Å². The third kappa shape index (κ3) is 3.89. The molecule has 102 valence electrons. The van der Waals surface area contributed by atoms with Crippen molar-refractivity contribution in [3.05, 3.63) is 34.9 Å². The number of carboxylic acid groups (broad SMARTS) is 1. The number of aliphatic carboxylic acids is 1. The first-order valence-electron chi connectivity index (χ1n) is 5.55. The molecular weight excluding hydrogens is 252 g/mol. The molecule has 0 amide bonds. The zero-order valence-corrected chi connectivity index (χ0v) is 10.3. The van der Waals surface area contributed by atoms with Crippen molar-refractivity contribution in [1.29, 1.82) is 0 Å². The van der Waals surface area contributed by atoms with Gasteiger partial charge in [0.15, 0.2) is 6.10 Å². The van der Waals surface area contributed by atoms with Gasteiger partial charge in [-0.25, -0.2) is 4.79 Å². The Morgan fingerprint density at radius 2 is 2.11 bits per heavy atom. The molecule has 0 aliphatic rings. The number of carbonyl (C=O) groups is 3. The van der Waals surface area contributed by atoms with Crippen LogP contribution in [0.1, 0.15) is 34.0 Å². The molecule has 1 rings (SSSR count). The largest absolute Gasteiger partial charge is 0.479 e. The first-order chi connectivity index (χ1) is 8.99. The molecule has 6 nitrogen and oxygen atoms in total. The van der Waals surface area contributed by atoms with E-state index in [0.29, 0.717) is 18.3 Å². The average molecular weight is 266 g/mol. The van der Waals surface area contributed by atoms with E-state index in [2.05, 4.69) is 4.74 Å². The maximum absolute atomic E-state index is 11.0. The second-order valence-electron chi connectivity index (χ2n) is 3.89. The SMILES string of the molecule is COC(=O)CCc1ccc(C(O)C(=O)O)cc1C=O. The molecule has 0 aromatic heterocycles. The summed E-state index contributed by atoms with van der Waals surface area (Å²) >= 11 is 0. The van der Waals surface area contributed by atoms with Crippen molar-refractivity contribution in [2.24, 2.45) is 0 Å². The van der Waals surface area contributed by atoms with Crippen LogP contribution < -0.4 is 0 Å². The predicted molar refractivity (Wildman–Crippen MR) is 64.8 cm³/mol. The van der Waals surface area contributed by atoms with Crippen LogP contribution in [-0.2, 0) is 20.7 Å². The molecule has 0 aliphatic heterocycles. The fraction of sp³-hybridized carbons (Fsp3) is 0.308. The standard InChI is InChI=1S/C13H14O6/c1-19-11(15)5-4-8-2-3-9(6-10(8)7-14)12(16)13(17)18/h2-3,6-7,12,16H,4-5H2,1H3,(H,17,18). The number of hydrogen-bond donors (Lipinski definition) is 2. The highest BCUT2D eigenvalue weighted by Crippen LogP contribution is 2.18. The van der Waals surface area contributed by atoms with Gasteiger partial charge < -0.3 is 14.9 Å². The van der Waals surface area contributed by atoms with Crippen LogP contribution >= 0.6 is 0 Å². The highest BCUT2D eigenvalue weighted by molar-refractivity contribution is 5.80. The van der Waals surface area contributed by atoms with Crippen molar-refractivity contribution in [1.82, 2.24) is 0 Å². The molecule has 0 heterocycles. The molecule has 19 heavy (non-hydrogen) atoms. The van der Waals surface area contributed by atoms with Gasteiger partial charge in [-0.05, 0) is 23.6 Å². The van der Waals surface area contributed by atoms with Crippen LogP contribution in [0.2, 0.25) is 0 Å². The summed E-state index contributed by atoms with van der Waals surface area (Å²) in [5, 5.41) is 18.1. The van der Waals surface area contributed by atoms with Gasteiger partial charge >= 0.3 is 11.9 Å². The number of aryl methyl sites for hydroxylation is 1. The summed E-state index contributed by atoms with van der Waals surface area (Å²) in [6, 6.07) is 4.24. The van der Waals surface area contributed by atoms with Gasteiger partial charge in [0.05, 0.1) is 7.11 Å². The van der Waals surface area contributed by atoms with E-state index in [1.54, 1.807) is 0 Å². The molecule has 0 saturated carbocycles. The molecule has 0 saturated heterocycles. The fourth-order valence-electron chi connectivity index (χ4n) is 1.60. The molecule has 1 unspecified atom stereocenters. The van der Waals surface area contributed by atoms with Crippen LogP contribution in [0.5, 0.6) is 0 Å². The first-order valence-corrected chi connectivity index (χ1v) is 5.55. The number of aldehydes is 1. The molecule has 0 radical (unpaired) electrons. The number of esters is 1. The van der Waals surface area contributed by atoms with Crippen LogP contribution in [0.15, 0.2) is 18.2 Å². The Hall–Kier alpha value is -2.21. The van der Waals surface area contributed by atoms with Crippen LogP contribution in [0, 0.1) is 0 Å². The van der Waals surface area contributed by atoms with Gasteiger partial charge in [0.1, 0.15) is 6.29 Å². The van der Waals surface area contributed by atoms with E-state index in [-0.39, 0.29) is 17.5 Å². The number of aliphatic hydroxyl groups excluding tert-OH is 1. The molecule has 0 fully saturated rings. The smallest absolute Gasteiger partial charge is 0.337 e. The second kappa shape index (κ2) is 6.65. The topological polar surface area (TPSA) is 101 Å². The van der Waals surface area contributed by atoms with Crippen molar-refractivity contribution in [2.75, 3.05) is 7.11 Å². The summed E-state index contributed by atoms with van der Waals surface area (Å²) < 4.78 is 4.49. The molecule has 0 bridgehead atoms. The van der Waals surface area contributed by atoms with Gasteiger partial charge in [-0.2, -0.15) is 0 Å². The number of methoxy groups -OCH3 is 1. The lowest BCUT2D eigenvalue weighted by molar-refractivity contribution is -0.147. The number of rotatable bonds is 6. The van der Waals surface area contributed by atoms with Crippen LogP contribution in [0.3, 0.4) is 0 Å². The maximum Gasteiger partial charge on any atom is 0.337 e. The summed E-state index contributed by atoms with van der Waals surface area (Å²) in [5.74, 6) is -1.79. The number of aliphatic hydroxyl groups is 1. The minimum absolute atomic E-state index is 0.122. The van der Waals surface area contributed by atoms with Crippen LogP contribution in [0.25, 0.3) is 0 Å². The third-order valence-electron chi connectivity index (χ3n) is 2.67. The van der Waals surface area contributed by atoms with Gasteiger partial charge in [0.25, 0.3) is 0 Å². The number of ether oxygens (including phenoxy) is 1. The third-order valence-corrected chi connectivity index (χ3v) is 2.67. The zero-order chi connectivity index (χ0) is 14.4. The molecular formula is C13H14O6. The van der Waals surface area contributed by atoms with E-state index in [4.69, 9.17) is 5.11 Å². The molecule has 1 aromatic rings. The molecule has 0 spiro atoms. The lowest BCUT2D eigenvalue weighted by Gasteiger charge is -2.09. The van der Waals surface area contributed by atoms with E-state index in [0.717, 1.165) is 0 Å². The van der Waals surface area contributed by atoms with E-state index >= 15 is 0 Å². The first kappa shape index (κ1) is 14.8. The molecule has 6 heteroatoms. The van der Waals surface area contributed by atoms with Gasteiger partial charge in [0, 0.05) is 12.0 Å². The summed E-state index contributed by atoms with van der Waals surface area (Å²) in [4.78, 5) is 32.6. The molecule has 2 N–H and O–H groups in total. The predicted octanol–water partition coefficient (Wildman–Crippen LogP) is 0.723. The monoisotopic (exact) mass is 266 g/mol. The van der Waals surface area contributed by atoms with E-state index in [1.165, 1.54) is 25.3 Å². The Morgan fingerprint density at radius 1 is 1.42 bits per heavy atom. The number of carboxylic acids is 1. The minimum Gasteiger partial charge on any atom is -0.479 e. The van der Waals surface area contributed by atoms with Crippen molar-refractivity contribution >= 4 is 18.2 Å². The molecule has 1 aromatic carbocycles. The zero-order valence-electron chi connectivity index (χ0n) is 10.3. The van der Waals surface area contributed by atoms with E-state index in [1.807, 2.05) is 0 Å².